The number of amides is 1. The summed E-state index contributed by atoms with van der Waals surface area (Å²) in [6, 6.07) is 10.2. The minimum absolute atomic E-state index is 0.0121. The molecule has 1 amide bonds. The number of thiazole rings is 1. The molecule has 0 aliphatic heterocycles. The van der Waals surface area contributed by atoms with Gasteiger partial charge in [0.1, 0.15) is 5.82 Å². The number of carbonyl (C=O) groups is 1. The van der Waals surface area contributed by atoms with Crippen LogP contribution in [0, 0.1) is 5.82 Å². The molecule has 3 rings (SSSR count). The Morgan fingerprint density at radius 1 is 1.22 bits per heavy atom. The first-order valence-electron chi connectivity index (χ1n) is 6.84. The third-order valence-electron chi connectivity index (χ3n) is 2.99. The number of thioether (sulfide) groups is 1. The predicted molar refractivity (Wildman–Crippen MR) is 94.4 cm³/mol. The second-order valence-electron chi connectivity index (χ2n) is 4.65. The van der Waals surface area contributed by atoms with Crippen molar-refractivity contribution in [2.45, 2.75) is 10.9 Å². The molecule has 0 radical (unpaired) electrons. The normalized spacial score (nSPS) is 10.7. The highest BCUT2D eigenvalue weighted by Gasteiger charge is 2.08. The highest BCUT2D eigenvalue weighted by molar-refractivity contribution is 8.01. The van der Waals surface area contributed by atoms with Crippen molar-refractivity contribution in [1.29, 1.82) is 0 Å². The summed E-state index contributed by atoms with van der Waals surface area (Å²) < 4.78 is 13.8. The largest absolute Gasteiger partial charge is 0.350 e. The topological polar surface area (TPSA) is 42.0 Å². The van der Waals surface area contributed by atoms with E-state index in [1.807, 2.05) is 22.9 Å². The molecule has 0 saturated carbocycles. The lowest BCUT2D eigenvalue weighted by Gasteiger charge is -2.02. The summed E-state index contributed by atoms with van der Waals surface area (Å²) in [5.74, 6) is 0.0600. The first kappa shape index (κ1) is 16.2. The van der Waals surface area contributed by atoms with E-state index in [2.05, 4.69) is 10.3 Å². The van der Waals surface area contributed by atoms with Crippen molar-refractivity contribution in [3.63, 3.8) is 0 Å². The number of halogens is 1. The monoisotopic (exact) mass is 364 g/mol. The van der Waals surface area contributed by atoms with Crippen molar-refractivity contribution in [3.05, 3.63) is 57.9 Å². The van der Waals surface area contributed by atoms with Gasteiger partial charge in [0.2, 0.25) is 5.91 Å². The van der Waals surface area contributed by atoms with Crippen molar-refractivity contribution in [2.24, 2.45) is 0 Å². The predicted octanol–water partition coefficient (Wildman–Crippen LogP) is 4.42. The Labute approximate surface area is 145 Å². The Morgan fingerprint density at radius 2 is 2.04 bits per heavy atom. The zero-order chi connectivity index (χ0) is 16.1. The standard InChI is InChI=1S/C16H13FN2OS3/c17-12-5-3-11(4-6-12)14-9-22-16(19-14)23-10-15(20)18-8-13-2-1-7-21-13/h1-7,9H,8,10H2,(H,18,20). The van der Waals surface area contributed by atoms with Crippen LogP contribution in [0.15, 0.2) is 51.5 Å². The molecule has 3 aromatic rings. The van der Waals surface area contributed by atoms with Gasteiger partial charge in [-0.1, -0.05) is 17.8 Å². The maximum Gasteiger partial charge on any atom is 0.230 e. The van der Waals surface area contributed by atoms with E-state index in [4.69, 9.17) is 0 Å². The molecule has 2 aromatic heterocycles. The third-order valence-corrected chi connectivity index (χ3v) is 5.89. The zero-order valence-corrected chi connectivity index (χ0v) is 14.4. The number of hydrogen-bond acceptors (Lipinski definition) is 5. The molecule has 1 aromatic carbocycles. The van der Waals surface area contributed by atoms with E-state index in [-0.39, 0.29) is 11.7 Å². The van der Waals surface area contributed by atoms with Crippen molar-refractivity contribution < 1.29 is 9.18 Å². The molecule has 23 heavy (non-hydrogen) atoms. The number of carbonyl (C=O) groups excluding carboxylic acids is 1. The van der Waals surface area contributed by atoms with Gasteiger partial charge in [-0.15, -0.1) is 22.7 Å². The second-order valence-corrected chi connectivity index (χ2v) is 7.76. The van der Waals surface area contributed by atoms with E-state index in [0.29, 0.717) is 12.3 Å². The zero-order valence-electron chi connectivity index (χ0n) is 12.0. The van der Waals surface area contributed by atoms with Gasteiger partial charge in [0.05, 0.1) is 18.0 Å². The lowest BCUT2D eigenvalue weighted by atomic mass is 10.2. The Kier molecular flexibility index (Phi) is 5.43. The van der Waals surface area contributed by atoms with Gasteiger partial charge in [-0.2, -0.15) is 0 Å². The van der Waals surface area contributed by atoms with Crippen molar-refractivity contribution in [3.8, 4) is 11.3 Å². The third kappa shape index (κ3) is 4.63. The van der Waals surface area contributed by atoms with Crippen LogP contribution in [0.3, 0.4) is 0 Å². The Morgan fingerprint density at radius 3 is 2.78 bits per heavy atom. The highest BCUT2D eigenvalue weighted by atomic mass is 32.2. The molecule has 2 heterocycles. The molecule has 0 fully saturated rings. The van der Waals surface area contributed by atoms with Gasteiger partial charge in [-0.05, 0) is 35.7 Å². The van der Waals surface area contributed by atoms with Crippen LogP contribution in [0.2, 0.25) is 0 Å². The summed E-state index contributed by atoms with van der Waals surface area (Å²) in [5, 5.41) is 6.79. The summed E-state index contributed by atoms with van der Waals surface area (Å²) in [6.07, 6.45) is 0. The van der Waals surface area contributed by atoms with Gasteiger partial charge in [-0.3, -0.25) is 4.79 Å². The number of rotatable bonds is 6. The molecule has 1 N–H and O–H groups in total. The molecule has 3 nitrogen and oxygen atoms in total. The molecule has 118 valence electrons. The average molecular weight is 364 g/mol. The first-order chi connectivity index (χ1) is 11.2. The molecule has 0 atom stereocenters. The van der Waals surface area contributed by atoms with Gasteiger partial charge in [-0.25, -0.2) is 9.37 Å². The van der Waals surface area contributed by atoms with E-state index >= 15 is 0 Å². The number of thiophene rings is 1. The van der Waals surface area contributed by atoms with Crippen LogP contribution in [0.4, 0.5) is 4.39 Å². The van der Waals surface area contributed by atoms with Crippen LogP contribution < -0.4 is 5.32 Å². The Hall–Kier alpha value is -1.70. The molecule has 0 bridgehead atoms. The first-order valence-corrected chi connectivity index (χ1v) is 9.58. The van der Waals surface area contributed by atoms with Crippen LogP contribution in [0.1, 0.15) is 4.88 Å². The minimum Gasteiger partial charge on any atom is -0.350 e. The van der Waals surface area contributed by atoms with Gasteiger partial charge >= 0.3 is 0 Å². The maximum atomic E-state index is 12.9. The summed E-state index contributed by atoms with van der Waals surface area (Å²) in [4.78, 5) is 17.4. The van der Waals surface area contributed by atoms with E-state index < -0.39 is 0 Å². The number of nitrogens with one attached hydrogen (secondary N) is 1. The summed E-state index contributed by atoms with van der Waals surface area (Å²) in [5.41, 5.74) is 1.67. The molecular weight excluding hydrogens is 351 g/mol. The van der Waals surface area contributed by atoms with Crippen molar-refractivity contribution in [1.82, 2.24) is 10.3 Å². The highest BCUT2D eigenvalue weighted by Crippen LogP contribution is 2.28. The van der Waals surface area contributed by atoms with Crippen LogP contribution in [0.5, 0.6) is 0 Å². The quantitative estimate of drug-likeness (QED) is 0.659. The van der Waals surface area contributed by atoms with Crippen molar-refractivity contribution >= 4 is 40.3 Å². The number of aromatic nitrogens is 1. The lowest BCUT2D eigenvalue weighted by molar-refractivity contribution is -0.118. The molecule has 7 heteroatoms. The van der Waals surface area contributed by atoms with Crippen LogP contribution >= 0.6 is 34.4 Å². The number of benzene rings is 1. The summed E-state index contributed by atoms with van der Waals surface area (Å²) in [7, 11) is 0. The number of nitrogens with zero attached hydrogens (tertiary/aromatic N) is 1. The van der Waals surface area contributed by atoms with E-state index in [1.54, 1.807) is 23.5 Å². The van der Waals surface area contributed by atoms with E-state index in [9.17, 15) is 9.18 Å². The molecule has 0 spiro atoms. The molecule has 0 aliphatic rings. The fraction of sp³-hybridized carbons (Fsp3) is 0.125. The van der Waals surface area contributed by atoms with E-state index in [1.165, 1.54) is 35.2 Å². The molecular formula is C16H13FN2OS3. The van der Waals surface area contributed by atoms with Gasteiger partial charge in [0.15, 0.2) is 4.34 Å². The van der Waals surface area contributed by atoms with Gasteiger partial charge in [0.25, 0.3) is 0 Å². The lowest BCUT2D eigenvalue weighted by Crippen LogP contribution is -2.24. The molecule has 0 aliphatic carbocycles. The Bertz CT molecular complexity index is 769. The minimum atomic E-state index is -0.263. The van der Waals surface area contributed by atoms with Crippen LogP contribution in [-0.2, 0) is 11.3 Å². The van der Waals surface area contributed by atoms with Gasteiger partial charge < -0.3 is 5.32 Å². The fourth-order valence-corrected chi connectivity index (χ4v) is 4.16. The number of hydrogen-bond donors (Lipinski definition) is 1. The SMILES string of the molecule is O=C(CSc1nc(-c2ccc(F)cc2)cs1)NCc1cccs1. The van der Waals surface area contributed by atoms with Crippen LogP contribution in [0.25, 0.3) is 11.3 Å². The molecule has 0 unspecified atom stereocenters. The molecule has 0 saturated heterocycles. The smallest absolute Gasteiger partial charge is 0.230 e. The summed E-state index contributed by atoms with van der Waals surface area (Å²) in [6.45, 7) is 0.565. The van der Waals surface area contributed by atoms with E-state index in [0.717, 1.165) is 20.5 Å². The van der Waals surface area contributed by atoms with Crippen molar-refractivity contribution in [2.75, 3.05) is 5.75 Å². The second kappa shape index (κ2) is 7.72. The van der Waals surface area contributed by atoms with Crippen LogP contribution in [-0.4, -0.2) is 16.6 Å². The average Bonchev–Trinajstić information content (AvgIpc) is 3.23. The Balaban J connectivity index is 1.50. The summed E-state index contributed by atoms with van der Waals surface area (Å²) >= 11 is 4.52. The fourth-order valence-electron chi connectivity index (χ4n) is 1.85. The maximum absolute atomic E-state index is 12.9. The van der Waals surface area contributed by atoms with Gasteiger partial charge in [0, 0.05) is 15.8 Å².